The lowest BCUT2D eigenvalue weighted by Gasteiger charge is -2.13. The molecule has 0 saturated carbocycles. The maximum absolute atomic E-state index is 11.7. The van der Waals surface area contributed by atoms with Gasteiger partial charge in [-0.25, -0.2) is 14.8 Å². The van der Waals surface area contributed by atoms with Crippen LogP contribution in [0, 0.1) is 0 Å². The standard InChI is InChI=1S/C17H23N5O/c1-14(15-6-3-2-4-7-15)8-11-21-17(23)22-13-12-20-16-18-9-5-10-19-16/h2-7,9-10,14H,8,11-13H2,1H3,(H,18,19,20)(H2,21,22,23). The molecule has 1 atom stereocenters. The van der Waals surface area contributed by atoms with Gasteiger partial charge in [0.1, 0.15) is 0 Å². The van der Waals surface area contributed by atoms with Crippen molar-refractivity contribution in [3.63, 3.8) is 0 Å². The molecule has 0 fully saturated rings. The predicted molar refractivity (Wildman–Crippen MR) is 91.4 cm³/mol. The van der Waals surface area contributed by atoms with Crippen LogP contribution in [0.3, 0.4) is 0 Å². The molecule has 1 heterocycles. The summed E-state index contributed by atoms with van der Waals surface area (Å²) in [6.45, 7) is 3.91. The number of rotatable bonds is 8. The van der Waals surface area contributed by atoms with Gasteiger partial charge >= 0.3 is 6.03 Å². The number of aromatic nitrogens is 2. The molecule has 6 heteroatoms. The maximum atomic E-state index is 11.7. The Labute approximate surface area is 136 Å². The number of anilines is 1. The first kappa shape index (κ1) is 16.7. The Morgan fingerprint density at radius 1 is 1.00 bits per heavy atom. The van der Waals surface area contributed by atoms with Crippen LogP contribution in [-0.4, -0.2) is 35.6 Å². The Balaban J connectivity index is 1.55. The van der Waals surface area contributed by atoms with E-state index < -0.39 is 0 Å². The van der Waals surface area contributed by atoms with Crippen molar-refractivity contribution in [1.82, 2.24) is 20.6 Å². The van der Waals surface area contributed by atoms with Crippen LogP contribution in [-0.2, 0) is 0 Å². The molecule has 122 valence electrons. The van der Waals surface area contributed by atoms with E-state index in [9.17, 15) is 4.79 Å². The molecule has 1 aromatic carbocycles. The van der Waals surface area contributed by atoms with Crippen molar-refractivity contribution < 1.29 is 4.79 Å². The molecule has 2 amide bonds. The van der Waals surface area contributed by atoms with Gasteiger partial charge in [-0.05, 0) is 24.0 Å². The lowest BCUT2D eigenvalue weighted by atomic mass is 9.98. The number of carbonyl (C=O) groups excluding carboxylic acids is 1. The van der Waals surface area contributed by atoms with Gasteiger partial charge < -0.3 is 16.0 Å². The summed E-state index contributed by atoms with van der Waals surface area (Å²) in [6, 6.07) is 11.9. The normalized spacial score (nSPS) is 11.5. The Kier molecular flexibility index (Phi) is 6.84. The lowest BCUT2D eigenvalue weighted by molar-refractivity contribution is 0.241. The number of nitrogens with zero attached hydrogens (tertiary/aromatic N) is 2. The zero-order valence-electron chi connectivity index (χ0n) is 13.3. The molecule has 0 saturated heterocycles. The summed E-state index contributed by atoms with van der Waals surface area (Å²) in [7, 11) is 0. The number of hydrogen-bond acceptors (Lipinski definition) is 4. The SMILES string of the molecule is CC(CCNC(=O)NCCNc1ncccn1)c1ccccc1. The zero-order chi connectivity index (χ0) is 16.3. The fourth-order valence-corrected chi connectivity index (χ4v) is 2.15. The van der Waals surface area contributed by atoms with Crippen molar-refractivity contribution in [3.8, 4) is 0 Å². The van der Waals surface area contributed by atoms with Crippen LogP contribution in [0.15, 0.2) is 48.8 Å². The highest BCUT2D eigenvalue weighted by atomic mass is 16.2. The van der Waals surface area contributed by atoms with Crippen LogP contribution in [0.25, 0.3) is 0 Å². The first-order chi connectivity index (χ1) is 11.3. The van der Waals surface area contributed by atoms with Gasteiger partial charge in [-0.3, -0.25) is 0 Å². The molecule has 2 rings (SSSR count). The number of nitrogens with one attached hydrogen (secondary N) is 3. The molecule has 3 N–H and O–H groups in total. The van der Waals surface area contributed by atoms with E-state index in [1.54, 1.807) is 18.5 Å². The van der Waals surface area contributed by atoms with E-state index >= 15 is 0 Å². The number of hydrogen-bond donors (Lipinski definition) is 3. The van der Waals surface area contributed by atoms with Crippen LogP contribution in [0.2, 0.25) is 0 Å². The van der Waals surface area contributed by atoms with Crippen molar-refractivity contribution in [1.29, 1.82) is 0 Å². The van der Waals surface area contributed by atoms with E-state index in [0.717, 1.165) is 6.42 Å². The predicted octanol–water partition coefficient (Wildman–Crippen LogP) is 2.38. The molecule has 0 radical (unpaired) electrons. The topological polar surface area (TPSA) is 78.9 Å². The molecule has 1 aromatic heterocycles. The average molecular weight is 313 g/mol. The van der Waals surface area contributed by atoms with E-state index in [1.165, 1.54) is 5.56 Å². The molecule has 1 unspecified atom stereocenters. The summed E-state index contributed by atoms with van der Waals surface area (Å²) >= 11 is 0. The highest BCUT2D eigenvalue weighted by Crippen LogP contribution is 2.17. The van der Waals surface area contributed by atoms with Crippen molar-refractivity contribution in [2.75, 3.05) is 25.0 Å². The summed E-state index contributed by atoms with van der Waals surface area (Å²) in [5.41, 5.74) is 1.29. The van der Waals surface area contributed by atoms with E-state index in [4.69, 9.17) is 0 Å². The van der Waals surface area contributed by atoms with Gasteiger partial charge in [0.05, 0.1) is 0 Å². The van der Waals surface area contributed by atoms with Crippen molar-refractivity contribution in [2.45, 2.75) is 19.3 Å². The van der Waals surface area contributed by atoms with Gasteiger partial charge in [-0.15, -0.1) is 0 Å². The number of carbonyl (C=O) groups is 1. The molecule has 0 bridgehead atoms. The Bertz CT molecular complexity index is 576. The minimum atomic E-state index is -0.152. The minimum Gasteiger partial charge on any atom is -0.352 e. The van der Waals surface area contributed by atoms with Gasteiger partial charge in [0.25, 0.3) is 0 Å². The minimum absolute atomic E-state index is 0.152. The van der Waals surface area contributed by atoms with Crippen LogP contribution >= 0.6 is 0 Å². The molecular weight excluding hydrogens is 290 g/mol. The van der Waals surface area contributed by atoms with Crippen LogP contribution in [0.5, 0.6) is 0 Å². The summed E-state index contributed by atoms with van der Waals surface area (Å²) in [5, 5.41) is 8.70. The van der Waals surface area contributed by atoms with Crippen molar-refractivity contribution in [3.05, 3.63) is 54.4 Å². The Morgan fingerprint density at radius 3 is 2.43 bits per heavy atom. The quantitative estimate of drug-likeness (QED) is 0.654. The second-order valence-electron chi connectivity index (χ2n) is 5.28. The van der Waals surface area contributed by atoms with Crippen molar-refractivity contribution >= 4 is 12.0 Å². The van der Waals surface area contributed by atoms with Gasteiger partial charge in [-0.2, -0.15) is 0 Å². The van der Waals surface area contributed by atoms with Crippen molar-refractivity contribution in [2.24, 2.45) is 0 Å². The van der Waals surface area contributed by atoms with Gasteiger partial charge in [0.2, 0.25) is 5.95 Å². The summed E-state index contributed by atoms with van der Waals surface area (Å²) in [6.07, 6.45) is 4.25. The largest absolute Gasteiger partial charge is 0.352 e. The van der Waals surface area contributed by atoms with E-state index in [1.807, 2.05) is 18.2 Å². The molecule has 0 spiro atoms. The highest BCUT2D eigenvalue weighted by Gasteiger charge is 2.05. The molecule has 0 aliphatic heterocycles. The van der Waals surface area contributed by atoms with Crippen LogP contribution < -0.4 is 16.0 Å². The maximum Gasteiger partial charge on any atom is 0.314 e. The van der Waals surface area contributed by atoms with Crippen LogP contribution in [0.4, 0.5) is 10.7 Å². The van der Waals surface area contributed by atoms with Gasteiger partial charge in [0.15, 0.2) is 0 Å². The second kappa shape index (κ2) is 9.40. The van der Waals surface area contributed by atoms with Gasteiger partial charge in [-0.1, -0.05) is 37.3 Å². The van der Waals surface area contributed by atoms with Gasteiger partial charge in [0, 0.05) is 32.0 Å². The molecule has 0 aliphatic rings. The fraction of sp³-hybridized carbons (Fsp3) is 0.353. The Morgan fingerprint density at radius 2 is 1.70 bits per heavy atom. The first-order valence-corrected chi connectivity index (χ1v) is 7.83. The third kappa shape index (κ3) is 6.34. The summed E-state index contributed by atoms with van der Waals surface area (Å²) in [4.78, 5) is 19.8. The molecular formula is C17H23N5O. The molecule has 6 nitrogen and oxygen atoms in total. The third-order valence-electron chi connectivity index (χ3n) is 3.49. The van der Waals surface area contributed by atoms with E-state index in [2.05, 4.69) is 45.0 Å². The fourth-order valence-electron chi connectivity index (χ4n) is 2.15. The highest BCUT2D eigenvalue weighted by molar-refractivity contribution is 5.73. The lowest BCUT2D eigenvalue weighted by Crippen LogP contribution is -2.38. The molecule has 23 heavy (non-hydrogen) atoms. The van der Waals surface area contributed by atoms with E-state index in [-0.39, 0.29) is 6.03 Å². The third-order valence-corrected chi connectivity index (χ3v) is 3.49. The number of urea groups is 1. The monoisotopic (exact) mass is 313 g/mol. The number of benzene rings is 1. The first-order valence-electron chi connectivity index (χ1n) is 7.83. The average Bonchev–Trinajstić information content (AvgIpc) is 2.60. The smallest absolute Gasteiger partial charge is 0.314 e. The summed E-state index contributed by atoms with van der Waals surface area (Å²) < 4.78 is 0. The Hall–Kier alpha value is -2.63. The zero-order valence-corrected chi connectivity index (χ0v) is 13.3. The summed E-state index contributed by atoms with van der Waals surface area (Å²) in [5.74, 6) is 0.986. The second-order valence-corrected chi connectivity index (χ2v) is 5.28. The van der Waals surface area contributed by atoms with E-state index in [0.29, 0.717) is 31.5 Å². The number of amides is 2. The molecule has 0 aliphatic carbocycles. The van der Waals surface area contributed by atoms with Crippen LogP contribution in [0.1, 0.15) is 24.8 Å². The molecule has 2 aromatic rings.